The van der Waals surface area contributed by atoms with Gasteiger partial charge in [-0.2, -0.15) is 4.31 Å². The van der Waals surface area contributed by atoms with Crippen molar-refractivity contribution in [3.63, 3.8) is 0 Å². The van der Waals surface area contributed by atoms with Crippen molar-refractivity contribution in [3.05, 3.63) is 89.7 Å². The Morgan fingerprint density at radius 1 is 0.844 bits per heavy atom. The van der Waals surface area contributed by atoms with Crippen LogP contribution in [0, 0.1) is 0 Å². The van der Waals surface area contributed by atoms with Crippen LogP contribution in [0.5, 0.6) is 0 Å². The fourth-order valence-corrected chi connectivity index (χ4v) is 4.80. The fraction of sp³-hybridized carbons (Fsp3) is 0.217. The first-order valence-corrected chi connectivity index (χ1v) is 11.7. The maximum absolute atomic E-state index is 12.9. The standard InChI is InChI=1S/C23H23N3O5S/c27-22(24-17-18-7-3-1-4-8-18)20-11-12-21(31-20)32(29,30)26-15-13-25(14-16-26)23(28)19-9-5-2-6-10-19/h1-12H,13-17H2,(H,24,27). The minimum Gasteiger partial charge on any atom is -0.438 e. The molecule has 0 spiro atoms. The third kappa shape index (κ3) is 4.74. The van der Waals surface area contributed by atoms with E-state index >= 15 is 0 Å². The van der Waals surface area contributed by atoms with Crippen LogP contribution in [0.4, 0.5) is 0 Å². The topological polar surface area (TPSA) is 99.9 Å². The second-order valence-corrected chi connectivity index (χ2v) is 9.22. The molecule has 9 heteroatoms. The first-order valence-electron chi connectivity index (χ1n) is 10.2. The lowest BCUT2D eigenvalue weighted by atomic mass is 10.2. The lowest BCUT2D eigenvalue weighted by Crippen LogP contribution is -2.50. The van der Waals surface area contributed by atoms with Crippen LogP contribution >= 0.6 is 0 Å². The van der Waals surface area contributed by atoms with Crippen LogP contribution in [0.15, 0.2) is 82.3 Å². The monoisotopic (exact) mass is 453 g/mol. The summed E-state index contributed by atoms with van der Waals surface area (Å²) < 4.78 is 32.5. The molecule has 166 valence electrons. The molecule has 1 fully saturated rings. The quantitative estimate of drug-likeness (QED) is 0.618. The molecule has 1 aliphatic rings. The van der Waals surface area contributed by atoms with E-state index < -0.39 is 15.9 Å². The van der Waals surface area contributed by atoms with Crippen molar-refractivity contribution in [1.29, 1.82) is 0 Å². The zero-order valence-corrected chi connectivity index (χ0v) is 18.1. The predicted molar refractivity (Wildman–Crippen MR) is 117 cm³/mol. The highest BCUT2D eigenvalue weighted by atomic mass is 32.2. The van der Waals surface area contributed by atoms with E-state index in [0.717, 1.165) is 5.56 Å². The number of carbonyl (C=O) groups excluding carboxylic acids is 2. The number of carbonyl (C=O) groups is 2. The lowest BCUT2D eigenvalue weighted by Gasteiger charge is -2.33. The number of nitrogens with zero attached hydrogens (tertiary/aromatic N) is 2. The van der Waals surface area contributed by atoms with E-state index in [2.05, 4.69) is 5.32 Å². The van der Waals surface area contributed by atoms with E-state index in [1.165, 1.54) is 16.4 Å². The van der Waals surface area contributed by atoms with Gasteiger partial charge in [0.1, 0.15) is 0 Å². The molecule has 0 aliphatic carbocycles. The number of hydrogen-bond donors (Lipinski definition) is 1. The van der Waals surface area contributed by atoms with Gasteiger partial charge in [-0.25, -0.2) is 8.42 Å². The molecule has 1 N–H and O–H groups in total. The highest BCUT2D eigenvalue weighted by molar-refractivity contribution is 7.89. The van der Waals surface area contributed by atoms with Crippen molar-refractivity contribution < 1.29 is 22.4 Å². The molecule has 2 aromatic carbocycles. The SMILES string of the molecule is O=C(NCc1ccccc1)c1ccc(S(=O)(=O)N2CCN(C(=O)c3ccccc3)CC2)o1. The second kappa shape index (κ2) is 9.37. The molecular formula is C23H23N3O5S. The Balaban J connectivity index is 1.36. The number of nitrogens with one attached hydrogen (secondary N) is 1. The zero-order valence-electron chi connectivity index (χ0n) is 17.3. The number of amides is 2. The Kier molecular flexibility index (Phi) is 6.38. The summed E-state index contributed by atoms with van der Waals surface area (Å²) in [6, 6.07) is 20.9. The predicted octanol–water partition coefficient (Wildman–Crippen LogP) is 2.36. The number of hydrogen-bond acceptors (Lipinski definition) is 5. The van der Waals surface area contributed by atoms with Gasteiger partial charge in [-0.05, 0) is 29.8 Å². The summed E-state index contributed by atoms with van der Waals surface area (Å²) in [5.74, 6) is -0.691. The third-order valence-electron chi connectivity index (χ3n) is 5.24. The summed E-state index contributed by atoms with van der Waals surface area (Å²) in [7, 11) is -3.91. The van der Waals surface area contributed by atoms with Gasteiger partial charge in [-0.3, -0.25) is 9.59 Å². The lowest BCUT2D eigenvalue weighted by molar-refractivity contribution is 0.0696. The van der Waals surface area contributed by atoms with Crippen LogP contribution in [0.2, 0.25) is 0 Å². The average molecular weight is 454 g/mol. The second-order valence-electron chi connectivity index (χ2n) is 7.35. The van der Waals surface area contributed by atoms with E-state index in [1.54, 1.807) is 29.2 Å². The van der Waals surface area contributed by atoms with Gasteiger partial charge in [0, 0.05) is 38.3 Å². The van der Waals surface area contributed by atoms with E-state index in [9.17, 15) is 18.0 Å². The normalized spacial score (nSPS) is 14.8. The van der Waals surface area contributed by atoms with E-state index in [4.69, 9.17) is 4.42 Å². The molecule has 0 atom stereocenters. The van der Waals surface area contributed by atoms with Crippen LogP contribution in [0.1, 0.15) is 26.5 Å². The van der Waals surface area contributed by atoms with Crippen LogP contribution < -0.4 is 5.32 Å². The summed E-state index contributed by atoms with van der Waals surface area (Å²) in [4.78, 5) is 26.5. The largest absolute Gasteiger partial charge is 0.438 e. The summed E-state index contributed by atoms with van der Waals surface area (Å²) in [6.07, 6.45) is 0. The molecule has 8 nitrogen and oxygen atoms in total. The molecular weight excluding hydrogens is 430 g/mol. The minimum absolute atomic E-state index is 0.0719. The highest BCUT2D eigenvalue weighted by Crippen LogP contribution is 2.21. The summed E-state index contributed by atoms with van der Waals surface area (Å²) in [5.41, 5.74) is 1.49. The number of rotatable bonds is 6. The Morgan fingerprint density at radius 2 is 1.47 bits per heavy atom. The number of furan rings is 1. The van der Waals surface area contributed by atoms with Crippen LogP contribution in [0.3, 0.4) is 0 Å². The molecule has 0 saturated carbocycles. The van der Waals surface area contributed by atoms with E-state index in [-0.39, 0.29) is 42.9 Å². The van der Waals surface area contributed by atoms with Crippen molar-refractivity contribution >= 4 is 21.8 Å². The maximum Gasteiger partial charge on any atom is 0.287 e. The van der Waals surface area contributed by atoms with Crippen molar-refractivity contribution in [1.82, 2.24) is 14.5 Å². The zero-order chi connectivity index (χ0) is 22.6. The van der Waals surface area contributed by atoms with Gasteiger partial charge in [0.15, 0.2) is 5.76 Å². The average Bonchev–Trinajstić information content (AvgIpc) is 3.35. The molecule has 2 heterocycles. The Labute approximate surface area is 186 Å². The Morgan fingerprint density at radius 3 is 2.12 bits per heavy atom. The molecule has 32 heavy (non-hydrogen) atoms. The summed E-state index contributed by atoms with van der Waals surface area (Å²) in [5, 5.41) is 2.42. The fourth-order valence-electron chi connectivity index (χ4n) is 3.47. The smallest absolute Gasteiger partial charge is 0.287 e. The van der Waals surface area contributed by atoms with Gasteiger partial charge < -0.3 is 14.6 Å². The van der Waals surface area contributed by atoms with E-state index in [1.807, 2.05) is 36.4 Å². The summed E-state index contributed by atoms with van der Waals surface area (Å²) in [6.45, 7) is 1.16. The highest BCUT2D eigenvalue weighted by Gasteiger charge is 2.33. The molecule has 0 bridgehead atoms. The van der Waals surface area contributed by atoms with Crippen molar-refractivity contribution in [2.45, 2.75) is 11.6 Å². The molecule has 1 aromatic heterocycles. The minimum atomic E-state index is -3.91. The molecule has 2 amide bonds. The number of sulfonamides is 1. The molecule has 3 aromatic rings. The van der Waals surface area contributed by atoms with Gasteiger partial charge in [-0.1, -0.05) is 48.5 Å². The van der Waals surface area contributed by atoms with Crippen LogP contribution in [-0.4, -0.2) is 55.6 Å². The van der Waals surface area contributed by atoms with Crippen molar-refractivity contribution in [2.75, 3.05) is 26.2 Å². The van der Waals surface area contributed by atoms with E-state index in [0.29, 0.717) is 12.1 Å². The van der Waals surface area contributed by atoms with Crippen LogP contribution in [-0.2, 0) is 16.6 Å². The van der Waals surface area contributed by atoms with Crippen molar-refractivity contribution in [2.24, 2.45) is 0 Å². The Hall–Kier alpha value is -3.43. The first kappa shape index (κ1) is 21.8. The Bertz CT molecular complexity index is 1180. The van der Waals surface area contributed by atoms with Gasteiger partial charge in [0.05, 0.1) is 0 Å². The van der Waals surface area contributed by atoms with Gasteiger partial charge in [-0.15, -0.1) is 0 Å². The number of piperazine rings is 1. The molecule has 4 rings (SSSR count). The molecule has 1 saturated heterocycles. The first-order chi connectivity index (χ1) is 15.4. The van der Waals surface area contributed by atoms with Crippen molar-refractivity contribution in [3.8, 4) is 0 Å². The number of benzene rings is 2. The van der Waals surface area contributed by atoms with Crippen LogP contribution in [0.25, 0.3) is 0 Å². The third-order valence-corrected chi connectivity index (χ3v) is 7.01. The van der Waals surface area contributed by atoms with Gasteiger partial charge >= 0.3 is 0 Å². The summed E-state index contributed by atoms with van der Waals surface area (Å²) >= 11 is 0. The van der Waals surface area contributed by atoms with Gasteiger partial charge in [0.2, 0.25) is 5.09 Å². The maximum atomic E-state index is 12.9. The molecule has 0 unspecified atom stereocenters. The van der Waals surface area contributed by atoms with Gasteiger partial charge in [0.25, 0.3) is 21.8 Å². The molecule has 0 radical (unpaired) electrons. The molecule has 1 aliphatic heterocycles.